The van der Waals surface area contributed by atoms with Crippen LogP contribution in [-0.2, 0) is 4.79 Å². The van der Waals surface area contributed by atoms with Gasteiger partial charge in [-0.2, -0.15) is 0 Å². The van der Waals surface area contributed by atoms with Gasteiger partial charge in [-0.05, 0) is 68.6 Å². The van der Waals surface area contributed by atoms with Crippen molar-refractivity contribution >= 4 is 46.2 Å². The molecule has 2 saturated heterocycles. The standard InChI is InChI=1S/C26H33Cl2N5O/c1-3-19-15-31(11-12-32(19)26(34)24-5-4-10-29-24)20-7-9-23-25(14-20)33(16-30-23)17(2)21-8-6-18(27)13-22(21)28/h6-9,13-14,17,19,24,29-30H,3-5,10-12,15-16H2,1-2H3/t17-,19-,24-/m1/s1. The highest BCUT2D eigenvalue weighted by Gasteiger charge is 2.35. The van der Waals surface area contributed by atoms with E-state index in [0.29, 0.717) is 10.0 Å². The van der Waals surface area contributed by atoms with Crippen LogP contribution < -0.4 is 20.4 Å². The van der Waals surface area contributed by atoms with Gasteiger partial charge in [-0.25, -0.2) is 0 Å². The number of carbonyl (C=O) groups is 1. The first-order chi connectivity index (χ1) is 16.5. The van der Waals surface area contributed by atoms with Crippen molar-refractivity contribution in [2.45, 2.75) is 51.2 Å². The van der Waals surface area contributed by atoms with E-state index in [1.807, 2.05) is 18.2 Å². The average Bonchev–Trinajstić information content (AvgIpc) is 3.53. The zero-order chi connectivity index (χ0) is 23.8. The van der Waals surface area contributed by atoms with Crippen LogP contribution in [0.5, 0.6) is 0 Å². The molecule has 0 bridgehead atoms. The molecule has 2 fully saturated rings. The van der Waals surface area contributed by atoms with Crippen LogP contribution in [0.3, 0.4) is 0 Å². The highest BCUT2D eigenvalue weighted by Crippen LogP contribution is 2.41. The van der Waals surface area contributed by atoms with E-state index in [4.69, 9.17) is 23.2 Å². The number of nitrogens with one attached hydrogen (secondary N) is 2. The maximum atomic E-state index is 13.1. The Kier molecular flexibility index (Phi) is 6.83. The third-order valence-corrected chi connectivity index (χ3v) is 8.13. The first-order valence-electron chi connectivity index (χ1n) is 12.3. The molecule has 0 saturated carbocycles. The van der Waals surface area contributed by atoms with Gasteiger partial charge in [-0.15, -0.1) is 0 Å². The predicted molar refractivity (Wildman–Crippen MR) is 141 cm³/mol. The smallest absolute Gasteiger partial charge is 0.240 e. The fraction of sp³-hybridized carbons (Fsp3) is 0.500. The maximum absolute atomic E-state index is 13.1. The minimum absolute atomic E-state index is 0.00130. The summed E-state index contributed by atoms with van der Waals surface area (Å²) >= 11 is 12.6. The Labute approximate surface area is 212 Å². The van der Waals surface area contributed by atoms with E-state index in [9.17, 15) is 4.79 Å². The Bertz CT molecular complexity index is 1060. The fourth-order valence-electron chi connectivity index (χ4n) is 5.54. The molecule has 0 radical (unpaired) electrons. The second-order valence-electron chi connectivity index (χ2n) is 9.54. The number of halogens is 2. The van der Waals surface area contributed by atoms with Crippen LogP contribution in [0.2, 0.25) is 10.0 Å². The lowest BCUT2D eigenvalue weighted by Crippen LogP contribution is -2.58. The van der Waals surface area contributed by atoms with Crippen LogP contribution in [-0.4, -0.2) is 55.7 Å². The average molecular weight is 502 g/mol. The van der Waals surface area contributed by atoms with Crippen molar-refractivity contribution in [3.63, 3.8) is 0 Å². The Morgan fingerprint density at radius 1 is 1.18 bits per heavy atom. The van der Waals surface area contributed by atoms with E-state index >= 15 is 0 Å². The largest absolute Gasteiger partial charge is 0.368 e. The van der Waals surface area contributed by atoms with Crippen molar-refractivity contribution in [1.82, 2.24) is 10.2 Å². The molecule has 0 spiro atoms. The van der Waals surface area contributed by atoms with Crippen LogP contribution in [0.15, 0.2) is 36.4 Å². The lowest BCUT2D eigenvalue weighted by Gasteiger charge is -2.43. The first-order valence-corrected chi connectivity index (χ1v) is 13.1. The molecular formula is C26H33Cl2N5O. The maximum Gasteiger partial charge on any atom is 0.240 e. The number of benzene rings is 2. The minimum atomic E-state index is 0.00130. The number of piperazine rings is 1. The van der Waals surface area contributed by atoms with Crippen molar-refractivity contribution < 1.29 is 4.79 Å². The van der Waals surface area contributed by atoms with E-state index < -0.39 is 0 Å². The lowest BCUT2D eigenvalue weighted by atomic mass is 10.0. The van der Waals surface area contributed by atoms with Crippen molar-refractivity contribution in [3.05, 3.63) is 52.0 Å². The summed E-state index contributed by atoms with van der Waals surface area (Å²) in [6, 6.07) is 12.7. The number of hydrogen-bond donors (Lipinski definition) is 2. The van der Waals surface area contributed by atoms with Gasteiger partial charge in [0.15, 0.2) is 0 Å². The molecule has 3 atom stereocenters. The molecule has 3 aliphatic rings. The summed E-state index contributed by atoms with van der Waals surface area (Å²) in [7, 11) is 0. The van der Waals surface area contributed by atoms with E-state index in [1.54, 1.807) is 0 Å². The van der Waals surface area contributed by atoms with Crippen LogP contribution in [0.1, 0.15) is 44.7 Å². The summed E-state index contributed by atoms with van der Waals surface area (Å²) < 4.78 is 0. The Balaban J connectivity index is 1.34. The van der Waals surface area contributed by atoms with Crippen molar-refractivity contribution in [2.24, 2.45) is 0 Å². The molecule has 34 heavy (non-hydrogen) atoms. The third kappa shape index (κ3) is 4.43. The molecule has 2 aromatic rings. The van der Waals surface area contributed by atoms with Crippen molar-refractivity contribution in [1.29, 1.82) is 0 Å². The second kappa shape index (κ2) is 9.84. The zero-order valence-corrected chi connectivity index (χ0v) is 21.4. The molecule has 2 aromatic carbocycles. The monoisotopic (exact) mass is 501 g/mol. The summed E-state index contributed by atoms with van der Waals surface area (Å²) in [6.07, 6.45) is 3.01. The Morgan fingerprint density at radius 3 is 2.76 bits per heavy atom. The van der Waals surface area contributed by atoms with Gasteiger partial charge in [0.05, 0.1) is 30.1 Å². The molecule has 3 aliphatic heterocycles. The van der Waals surface area contributed by atoms with E-state index in [-0.39, 0.29) is 24.0 Å². The van der Waals surface area contributed by atoms with Crippen molar-refractivity contribution in [3.8, 4) is 0 Å². The molecular weight excluding hydrogens is 469 g/mol. The summed E-state index contributed by atoms with van der Waals surface area (Å²) in [4.78, 5) is 20.0. The van der Waals surface area contributed by atoms with Gasteiger partial charge in [-0.1, -0.05) is 36.2 Å². The van der Waals surface area contributed by atoms with Gasteiger partial charge >= 0.3 is 0 Å². The Hall–Kier alpha value is -2.15. The predicted octanol–water partition coefficient (Wildman–Crippen LogP) is 5.12. The van der Waals surface area contributed by atoms with Gasteiger partial charge in [-0.3, -0.25) is 4.79 Å². The SMILES string of the molecule is CC[C@@H]1CN(c2ccc3c(c2)N([C@H](C)c2ccc(Cl)cc2Cl)CN3)CCN1C(=O)[C@H]1CCCN1. The number of anilines is 3. The summed E-state index contributed by atoms with van der Waals surface area (Å²) in [6.45, 7) is 8.51. The van der Waals surface area contributed by atoms with Crippen LogP contribution in [0, 0.1) is 0 Å². The third-order valence-electron chi connectivity index (χ3n) is 7.57. The molecule has 1 amide bonds. The lowest BCUT2D eigenvalue weighted by molar-refractivity contribution is -0.136. The molecule has 5 rings (SSSR count). The first kappa shape index (κ1) is 23.6. The summed E-state index contributed by atoms with van der Waals surface area (Å²) in [5.41, 5.74) is 4.57. The zero-order valence-electron chi connectivity index (χ0n) is 19.9. The molecule has 0 unspecified atom stereocenters. The molecule has 8 heteroatoms. The summed E-state index contributed by atoms with van der Waals surface area (Å²) in [5.74, 6) is 0.280. The normalized spacial score (nSPS) is 23.1. The van der Waals surface area contributed by atoms with E-state index in [2.05, 4.69) is 57.4 Å². The quantitative estimate of drug-likeness (QED) is 0.595. The topological polar surface area (TPSA) is 50.9 Å². The van der Waals surface area contributed by atoms with Gasteiger partial charge in [0.1, 0.15) is 0 Å². The number of fused-ring (bicyclic) bond motifs is 1. The molecule has 6 nitrogen and oxygen atoms in total. The van der Waals surface area contributed by atoms with Gasteiger partial charge in [0, 0.05) is 41.4 Å². The fourth-order valence-corrected chi connectivity index (χ4v) is 6.10. The molecule has 0 aromatic heterocycles. The highest BCUT2D eigenvalue weighted by molar-refractivity contribution is 6.35. The molecule has 182 valence electrons. The molecule has 2 N–H and O–H groups in total. The summed E-state index contributed by atoms with van der Waals surface area (Å²) in [5, 5.41) is 8.22. The number of amides is 1. The number of nitrogens with zero attached hydrogens (tertiary/aromatic N) is 3. The minimum Gasteiger partial charge on any atom is -0.368 e. The molecule has 3 heterocycles. The van der Waals surface area contributed by atoms with Gasteiger partial charge in [0.25, 0.3) is 0 Å². The van der Waals surface area contributed by atoms with E-state index in [1.165, 1.54) is 11.4 Å². The highest BCUT2D eigenvalue weighted by atomic mass is 35.5. The Morgan fingerprint density at radius 2 is 2.03 bits per heavy atom. The van der Waals surface area contributed by atoms with Crippen LogP contribution >= 0.6 is 23.2 Å². The van der Waals surface area contributed by atoms with Crippen LogP contribution in [0.4, 0.5) is 17.1 Å². The van der Waals surface area contributed by atoms with Crippen molar-refractivity contribution in [2.75, 3.05) is 48.0 Å². The van der Waals surface area contributed by atoms with Gasteiger partial charge in [0.2, 0.25) is 5.91 Å². The van der Waals surface area contributed by atoms with Crippen LogP contribution in [0.25, 0.3) is 0 Å². The number of rotatable bonds is 5. The van der Waals surface area contributed by atoms with E-state index in [0.717, 1.165) is 63.4 Å². The number of carbonyl (C=O) groups excluding carboxylic acids is 1. The second-order valence-corrected chi connectivity index (χ2v) is 10.4. The molecule has 0 aliphatic carbocycles. The number of hydrogen-bond acceptors (Lipinski definition) is 5. The van der Waals surface area contributed by atoms with Gasteiger partial charge < -0.3 is 25.3 Å².